The summed E-state index contributed by atoms with van der Waals surface area (Å²) in [5.74, 6) is 0. The molecule has 2 heterocycles. The van der Waals surface area contributed by atoms with Crippen LogP contribution < -0.4 is 10.5 Å². The molecule has 0 atom stereocenters. The van der Waals surface area contributed by atoms with Crippen molar-refractivity contribution in [2.24, 2.45) is 0 Å². The molecule has 0 aliphatic rings. The lowest BCUT2D eigenvalue weighted by Crippen LogP contribution is -2.14. The van der Waals surface area contributed by atoms with Crippen LogP contribution in [0, 0.1) is 0 Å². The minimum absolute atomic E-state index is 0.332. The highest BCUT2D eigenvalue weighted by atomic mass is 32.1. The van der Waals surface area contributed by atoms with E-state index in [0.29, 0.717) is 16.2 Å². The molecule has 4 nitrogen and oxygen atoms in total. The number of hydrogen-bond donors (Lipinski definition) is 0. The van der Waals surface area contributed by atoms with Gasteiger partial charge in [0, 0.05) is 25.0 Å². The minimum Gasteiger partial charge on any atom is -0.388 e. The zero-order chi connectivity index (χ0) is 13.4. The van der Waals surface area contributed by atoms with Crippen molar-refractivity contribution in [1.82, 2.24) is 4.98 Å². The molecule has 0 amide bonds. The fraction of sp³-hybridized carbons (Fsp3) is 0.143. The van der Waals surface area contributed by atoms with Crippen LogP contribution in [0.1, 0.15) is 0 Å². The molecule has 5 heteroatoms. The summed E-state index contributed by atoms with van der Waals surface area (Å²) in [5, 5.41) is 2.50. The molecule has 96 valence electrons. The highest BCUT2D eigenvalue weighted by molar-refractivity contribution is 7.17. The lowest BCUT2D eigenvalue weighted by molar-refractivity contribution is 0.503. The first-order valence-corrected chi connectivity index (χ1v) is 6.70. The first kappa shape index (κ1) is 11.9. The first-order valence-electron chi connectivity index (χ1n) is 5.82. The van der Waals surface area contributed by atoms with Gasteiger partial charge in [0.2, 0.25) is 0 Å². The first-order chi connectivity index (χ1) is 9.16. The number of anilines is 1. The highest BCUT2D eigenvalue weighted by Crippen LogP contribution is 2.31. The molecule has 0 fully saturated rings. The van der Waals surface area contributed by atoms with Gasteiger partial charge in [0.25, 0.3) is 0 Å². The molecule has 0 spiro atoms. The van der Waals surface area contributed by atoms with Crippen molar-refractivity contribution in [3.63, 3.8) is 0 Å². The second kappa shape index (κ2) is 4.51. The number of nitrogens with zero attached hydrogens (tertiary/aromatic N) is 2. The van der Waals surface area contributed by atoms with Crippen LogP contribution in [0.3, 0.4) is 0 Å². The minimum atomic E-state index is -0.339. The quantitative estimate of drug-likeness (QED) is 0.719. The van der Waals surface area contributed by atoms with Crippen molar-refractivity contribution in [3.05, 3.63) is 46.1 Å². The summed E-state index contributed by atoms with van der Waals surface area (Å²) in [6.45, 7) is 0. The molecule has 0 unspecified atom stereocenters. The fourth-order valence-electron chi connectivity index (χ4n) is 1.89. The van der Waals surface area contributed by atoms with E-state index in [0.717, 1.165) is 11.1 Å². The molecule has 3 rings (SSSR count). The highest BCUT2D eigenvalue weighted by Gasteiger charge is 2.14. The van der Waals surface area contributed by atoms with Crippen LogP contribution in [0.15, 0.2) is 44.9 Å². The maximum absolute atomic E-state index is 12.1. The second-order valence-electron chi connectivity index (χ2n) is 4.37. The van der Waals surface area contributed by atoms with E-state index in [1.54, 1.807) is 19.0 Å². The molecule has 0 N–H and O–H groups in total. The van der Waals surface area contributed by atoms with Gasteiger partial charge in [-0.05, 0) is 5.56 Å². The molecular weight excluding hydrogens is 260 g/mol. The number of rotatable bonds is 2. The fourth-order valence-corrected chi connectivity index (χ4v) is 2.82. The van der Waals surface area contributed by atoms with Crippen LogP contribution in [0.4, 0.5) is 6.01 Å². The molecule has 0 saturated carbocycles. The van der Waals surface area contributed by atoms with Crippen LogP contribution in [0.2, 0.25) is 0 Å². The van der Waals surface area contributed by atoms with Gasteiger partial charge in [-0.1, -0.05) is 30.3 Å². The predicted octanol–water partition coefficient (Wildman–Crippen LogP) is 2.98. The Morgan fingerprint density at radius 3 is 2.63 bits per heavy atom. The lowest BCUT2D eigenvalue weighted by atomic mass is 10.1. The molecule has 0 saturated heterocycles. The average Bonchev–Trinajstić information content (AvgIpc) is 2.84. The second-order valence-corrected chi connectivity index (χ2v) is 5.23. The maximum Gasteiger partial charge on any atom is 0.349 e. The van der Waals surface area contributed by atoms with Crippen molar-refractivity contribution in [3.8, 4) is 11.1 Å². The summed E-state index contributed by atoms with van der Waals surface area (Å²) in [5.41, 5.74) is 1.54. The monoisotopic (exact) mass is 272 g/mol. The number of thiophene rings is 1. The molecule has 0 radical (unpaired) electrons. The van der Waals surface area contributed by atoms with Gasteiger partial charge < -0.3 is 9.32 Å². The summed E-state index contributed by atoms with van der Waals surface area (Å²) in [4.78, 5) is 18.9. The Morgan fingerprint density at radius 2 is 1.95 bits per heavy atom. The van der Waals surface area contributed by atoms with E-state index in [4.69, 9.17) is 4.42 Å². The molecule has 3 aromatic rings. The molecular formula is C14H12N2O2S. The Kier molecular flexibility index (Phi) is 2.83. The van der Waals surface area contributed by atoms with Gasteiger partial charge in [0.1, 0.15) is 10.2 Å². The largest absolute Gasteiger partial charge is 0.388 e. The third-order valence-corrected chi connectivity index (χ3v) is 3.70. The molecule has 19 heavy (non-hydrogen) atoms. The van der Waals surface area contributed by atoms with Gasteiger partial charge in [-0.25, -0.2) is 4.79 Å². The van der Waals surface area contributed by atoms with Crippen molar-refractivity contribution in [2.45, 2.75) is 0 Å². The standard InChI is InChI=1S/C14H12N2O2S/c1-16(2)14-15-12-11(13(17)18-14)10(8-19-12)9-6-4-3-5-7-9/h3-8H,1-2H3. The summed E-state index contributed by atoms with van der Waals surface area (Å²) < 4.78 is 5.24. The molecule has 1 aromatic carbocycles. The number of aromatic nitrogens is 1. The topological polar surface area (TPSA) is 46.3 Å². The van der Waals surface area contributed by atoms with Crippen LogP contribution in [-0.2, 0) is 0 Å². The van der Waals surface area contributed by atoms with E-state index in [1.807, 2.05) is 35.7 Å². The zero-order valence-electron chi connectivity index (χ0n) is 10.6. The summed E-state index contributed by atoms with van der Waals surface area (Å²) in [6.07, 6.45) is 0. The smallest absolute Gasteiger partial charge is 0.349 e. The predicted molar refractivity (Wildman–Crippen MR) is 77.9 cm³/mol. The van der Waals surface area contributed by atoms with Gasteiger partial charge in [0.15, 0.2) is 0 Å². The Bertz CT molecular complexity index is 775. The summed E-state index contributed by atoms with van der Waals surface area (Å²) >= 11 is 1.46. The van der Waals surface area contributed by atoms with Crippen molar-refractivity contribution < 1.29 is 4.42 Å². The van der Waals surface area contributed by atoms with Gasteiger partial charge >= 0.3 is 11.6 Å². The van der Waals surface area contributed by atoms with E-state index in [9.17, 15) is 4.79 Å². The van der Waals surface area contributed by atoms with Crippen molar-refractivity contribution in [1.29, 1.82) is 0 Å². The molecule has 0 aliphatic carbocycles. The third-order valence-electron chi connectivity index (χ3n) is 2.82. The van der Waals surface area contributed by atoms with Crippen LogP contribution >= 0.6 is 11.3 Å². The Hall–Kier alpha value is -2.14. The van der Waals surface area contributed by atoms with Crippen LogP contribution in [0.5, 0.6) is 0 Å². The van der Waals surface area contributed by atoms with Gasteiger partial charge in [0.05, 0.1) is 0 Å². The molecule has 2 aromatic heterocycles. The number of fused-ring (bicyclic) bond motifs is 1. The average molecular weight is 272 g/mol. The Morgan fingerprint density at radius 1 is 1.21 bits per heavy atom. The van der Waals surface area contributed by atoms with Gasteiger partial charge in [-0.2, -0.15) is 4.98 Å². The normalized spacial score (nSPS) is 10.8. The van der Waals surface area contributed by atoms with Crippen LogP contribution in [-0.4, -0.2) is 19.1 Å². The molecule has 0 aliphatic heterocycles. The summed E-state index contributed by atoms with van der Waals surface area (Å²) in [7, 11) is 3.59. The summed E-state index contributed by atoms with van der Waals surface area (Å²) in [6, 6.07) is 10.1. The number of benzene rings is 1. The van der Waals surface area contributed by atoms with E-state index >= 15 is 0 Å². The third kappa shape index (κ3) is 2.02. The SMILES string of the molecule is CN(C)c1nc2scc(-c3ccccc3)c2c(=O)o1. The number of hydrogen-bond acceptors (Lipinski definition) is 5. The Labute approximate surface area is 113 Å². The maximum atomic E-state index is 12.1. The van der Waals surface area contributed by atoms with E-state index < -0.39 is 0 Å². The van der Waals surface area contributed by atoms with Gasteiger partial charge in [-0.15, -0.1) is 11.3 Å². The van der Waals surface area contributed by atoms with Gasteiger partial charge in [-0.3, -0.25) is 0 Å². The van der Waals surface area contributed by atoms with E-state index in [2.05, 4.69) is 4.98 Å². The van der Waals surface area contributed by atoms with Crippen molar-refractivity contribution in [2.75, 3.05) is 19.0 Å². The zero-order valence-corrected chi connectivity index (χ0v) is 11.4. The van der Waals surface area contributed by atoms with E-state index in [1.165, 1.54) is 11.3 Å². The van der Waals surface area contributed by atoms with E-state index in [-0.39, 0.29) is 5.63 Å². The van der Waals surface area contributed by atoms with Crippen LogP contribution in [0.25, 0.3) is 21.3 Å². The van der Waals surface area contributed by atoms with Crippen molar-refractivity contribution >= 4 is 27.6 Å². The Balaban J connectivity index is 2.28. The lowest BCUT2D eigenvalue weighted by Gasteiger charge is -2.07. The molecule has 0 bridgehead atoms.